The Balaban J connectivity index is 1.93. The SMILES string of the molecule is C/C=C(\C=NC)c1cccc(-n2cc(OC)c(=O)c(-c3ccnn3-c3ccccc3)n2)c1F. The molecule has 8 heteroatoms. The van der Waals surface area contributed by atoms with Gasteiger partial charge < -0.3 is 4.74 Å². The normalized spacial score (nSPS) is 11.8. The van der Waals surface area contributed by atoms with Gasteiger partial charge in [-0.1, -0.05) is 36.4 Å². The fraction of sp³-hybridized carbons (Fsp3) is 0.120. The first-order chi connectivity index (χ1) is 16.1. The van der Waals surface area contributed by atoms with Crippen LogP contribution in [-0.4, -0.2) is 39.9 Å². The minimum Gasteiger partial charge on any atom is -0.491 e. The Morgan fingerprint density at radius 3 is 2.61 bits per heavy atom. The van der Waals surface area contributed by atoms with Crippen LogP contribution in [0.3, 0.4) is 0 Å². The first-order valence-electron chi connectivity index (χ1n) is 10.2. The van der Waals surface area contributed by atoms with E-state index in [1.807, 2.05) is 37.3 Å². The Labute approximate surface area is 190 Å². The second-order valence-corrected chi connectivity index (χ2v) is 7.05. The molecule has 0 spiro atoms. The van der Waals surface area contributed by atoms with E-state index in [0.29, 0.717) is 16.8 Å². The average Bonchev–Trinajstić information content (AvgIpc) is 3.33. The van der Waals surface area contributed by atoms with Crippen LogP contribution in [0.5, 0.6) is 5.75 Å². The lowest BCUT2D eigenvalue weighted by molar-refractivity contribution is 0.405. The third-order valence-electron chi connectivity index (χ3n) is 5.11. The number of nitrogens with zero attached hydrogens (tertiary/aromatic N) is 5. The zero-order valence-electron chi connectivity index (χ0n) is 18.4. The molecule has 7 nitrogen and oxygen atoms in total. The molecule has 0 amide bonds. The third kappa shape index (κ3) is 4.10. The van der Waals surface area contributed by atoms with Crippen molar-refractivity contribution in [2.45, 2.75) is 6.92 Å². The first kappa shape index (κ1) is 21.9. The largest absolute Gasteiger partial charge is 0.491 e. The van der Waals surface area contributed by atoms with Crippen molar-refractivity contribution in [2.75, 3.05) is 14.2 Å². The van der Waals surface area contributed by atoms with E-state index in [1.54, 1.807) is 54.5 Å². The molecule has 0 aliphatic rings. The van der Waals surface area contributed by atoms with Crippen LogP contribution in [-0.2, 0) is 0 Å². The molecule has 4 rings (SSSR count). The minimum atomic E-state index is -0.494. The molecule has 2 heterocycles. The highest BCUT2D eigenvalue weighted by atomic mass is 19.1. The molecule has 0 N–H and O–H groups in total. The van der Waals surface area contributed by atoms with Crippen LogP contribution in [0.4, 0.5) is 4.39 Å². The number of para-hydroxylation sites is 1. The fourth-order valence-corrected chi connectivity index (χ4v) is 3.52. The Morgan fingerprint density at radius 1 is 1.12 bits per heavy atom. The molecular weight excluding hydrogens is 421 g/mol. The second-order valence-electron chi connectivity index (χ2n) is 7.05. The predicted molar refractivity (Wildman–Crippen MR) is 127 cm³/mol. The molecular formula is C25H22FN5O2. The average molecular weight is 443 g/mol. The summed E-state index contributed by atoms with van der Waals surface area (Å²) >= 11 is 0. The van der Waals surface area contributed by atoms with Gasteiger partial charge in [-0.05, 0) is 36.8 Å². The molecule has 0 aliphatic heterocycles. The number of hydrogen-bond acceptors (Lipinski definition) is 5. The summed E-state index contributed by atoms with van der Waals surface area (Å²) in [6.07, 6.45) is 6.32. The van der Waals surface area contributed by atoms with Crippen molar-refractivity contribution in [3.63, 3.8) is 0 Å². The van der Waals surface area contributed by atoms with Crippen LogP contribution in [0.25, 0.3) is 28.3 Å². The van der Waals surface area contributed by atoms with Gasteiger partial charge in [0.1, 0.15) is 5.69 Å². The Hall–Kier alpha value is -4.33. The number of ether oxygens (including phenoxy) is 1. The van der Waals surface area contributed by atoms with Crippen LogP contribution in [0.1, 0.15) is 12.5 Å². The lowest BCUT2D eigenvalue weighted by atomic mass is 10.1. The van der Waals surface area contributed by atoms with Crippen molar-refractivity contribution in [1.82, 2.24) is 19.6 Å². The Bertz CT molecular complexity index is 1400. The van der Waals surface area contributed by atoms with E-state index in [2.05, 4.69) is 15.2 Å². The molecule has 0 aliphatic carbocycles. The topological polar surface area (TPSA) is 74.3 Å². The number of benzene rings is 2. The number of allylic oxidation sites excluding steroid dienone is 2. The highest BCUT2D eigenvalue weighted by Gasteiger charge is 2.20. The number of aromatic nitrogens is 4. The van der Waals surface area contributed by atoms with Crippen molar-refractivity contribution < 1.29 is 9.13 Å². The molecule has 166 valence electrons. The fourth-order valence-electron chi connectivity index (χ4n) is 3.52. The molecule has 2 aromatic heterocycles. The van der Waals surface area contributed by atoms with Crippen LogP contribution in [0.2, 0.25) is 0 Å². The summed E-state index contributed by atoms with van der Waals surface area (Å²) in [5.41, 5.74) is 2.06. The van der Waals surface area contributed by atoms with E-state index in [0.717, 1.165) is 5.69 Å². The second kappa shape index (κ2) is 9.44. The summed E-state index contributed by atoms with van der Waals surface area (Å²) in [5.74, 6) is -0.460. The maximum Gasteiger partial charge on any atom is 0.251 e. The van der Waals surface area contributed by atoms with Crippen molar-refractivity contribution in [1.29, 1.82) is 0 Å². The molecule has 0 fully saturated rings. The number of methoxy groups -OCH3 is 1. The van der Waals surface area contributed by atoms with E-state index >= 15 is 4.39 Å². The summed E-state index contributed by atoms with van der Waals surface area (Å²) in [5, 5.41) is 8.82. The molecule has 0 unspecified atom stereocenters. The van der Waals surface area contributed by atoms with Crippen LogP contribution >= 0.6 is 0 Å². The first-order valence-corrected chi connectivity index (χ1v) is 10.2. The molecule has 0 atom stereocenters. The molecule has 0 radical (unpaired) electrons. The maximum absolute atomic E-state index is 15.6. The summed E-state index contributed by atoms with van der Waals surface area (Å²) in [7, 11) is 3.02. The monoisotopic (exact) mass is 443 g/mol. The summed E-state index contributed by atoms with van der Waals surface area (Å²) in [6, 6.07) is 16.0. The highest BCUT2D eigenvalue weighted by molar-refractivity contribution is 6.09. The van der Waals surface area contributed by atoms with Gasteiger partial charge in [-0.3, -0.25) is 9.79 Å². The van der Waals surface area contributed by atoms with Crippen LogP contribution in [0, 0.1) is 5.82 Å². The van der Waals surface area contributed by atoms with Crippen molar-refractivity contribution in [3.8, 4) is 28.5 Å². The number of hydrogen-bond donors (Lipinski definition) is 0. The molecule has 33 heavy (non-hydrogen) atoms. The van der Waals surface area contributed by atoms with Crippen LogP contribution in [0.15, 0.2) is 82.9 Å². The van der Waals surface area contributed by atoms with E-state index in [-0.39, 0.29) is 17.1 Å². The lowest BCUT2D eigenvalue weighted by Crippen LogP contribution is -2.18. The van der Waals surface area contributed by atoms with Gasteiger partial charge in [-0.25, -0.2) is 13.8 Å². The zero-order valence-corrected chi connectivity index (χ0v) is 18.4. The van der Waals surface area contributed by atoms with Crippen molar-refractivity contribution in [3.05, 3.63) is 94.7 Å². The third-order valence-corrected chi connectivity index (χ3v) is 5.11. The molecule has 0 saturated carbocycles. The van der Waals surface area contributed by atoms with Crippen LogP contribution < -0.4 is 10.2 Å². The minimum absolute atomic E-state index is 0.0343. The highest BCUT2D eigenvalue weighted by Crippen LogP contribution is 2.25. The van der Waals surface area contributed by atoms with Crippen molar-refractivity contribution in [2.24, 2.45) is 4.99 Å². The predicted octanol–water partition coefficient (Wildman–Crippen LogP) is 4.34. The number of aliphatic imine (C=N–C) groups is 1. The van der Waals surface area contributed by atoms with E-state index in [1.165, 1.54) is 18.0 Å². The van der Waals surface area contributed by atoms with Gasteiger partial charge in [0.05, 0.1) is 30.9 Å². The summed E-state index contributed by atoms with van der Waals surface area (Å²) in [4.78, 5) is 17.1. The van der Waals surface area contributed by atoms with Gasteiger partial charge in [0.2, 0.25) is 0 Å². The van der Waals surface area contributed by atoms with Gasteiger partial charge >= 0.3 is 0 Å². The van der Waals surface area contributed by atoms with Gasteiger partial charge in [0.25, 0.3) is 5.43 Å². The molecule has 4 aromatic rings. The number of halogens is 1. The number of rotatable bonds is 6. The Kier molecular flexibility index (Phi) is 6.26. The van der Waals surface area contributed by atoms with E-state index in [9.17, 15) is 4.79 Å². The van der Waals surface area contributed by atoms with E-state index in [4.69, 9.17) is 4.74 Å². The van der Waals surface area contributed by atoms with Gasteiger partial charge in [-0.15, -0.1) is 0 Å². The van der Waals surface area contributed by atoms with Gasteiger partial charge in [0, 0.05) is 18.8 Å². The zero-order chi connectivity index (χ0) is 23.4. The summed E-state index contributed by atoms with van der Waals surface area (Å²) < 4.78 is 23.8. The maximum atomic E-state index is 15.6. The van der Waals surface area contributed by atoms with Gasteiger partial charge in [-0.2, -0.15) is 10.2 Å². The molecule has 0 bridgehead atoms. The Morgan fingerprint density at radius 2 is 1.91 bits per heavy atom. The van der Waals surface area contributed by atoms with Crippen molar-refractivity contribution >= 4 is 11.8 Å². The standard InChI is InChI=1S/C25H22FN5O2/c1-4-17(15-27-2)19-11-8-12-20(23(19)26)30-16-22(33-3)25(32)24(29-30)21-13-14-28-31(21)18-9-6-5-7-10-18/h4-16H,1-3H3/b17-4+,27-15?. The smallest absolute Gasteiger partial charge is 0.251 e. The molecule has 2 aromatic carbocycles. The van der Waals surface area contributed by atoms with Gasteiger partial charge in [0.15, 0.2) is 17.3 Å². The van der Waals surface area contributed by atoms with E-state index < -0.39 is 11.2 Å². The lowest BCUT2D eigenvalue weighted by Gasteiger charge is -2.14. The summed E-state index contributed by atoms with van der Waals surface area (Å²) in [6.45, 7) is 1.81. The quantitative estimate of drug-likeness (QED) is 0.416. The molecule has 0 saturated heterocycles.